The number of nitrogens with zero attached hydrogens (tertiary/aromatic N) is 2. The Hall–Kier alpha value is -2.40. The highest BCUT2D eigenvalue weighted by Crippen LogP contribution is 2.14. The lowest BCUT2D eigenvalue weighted by molar-refractivity contribution is 0.231. The lowest BCUT2D eigenvalue weighted by Crippen LogP contribution is -2.74. The van der Waals surface area contributed by atoms with Crippen molar-refractivity contribution in [2.75, 3.05) is 28.2 Å². The van der Waals surface area contributed by atoms with Crippen molar-refractivity contribution < 1.29 is 9.59 Å². The molecule has 120 valence electrons. The quantitative estimate of drug-likeness (QED) is 0.804. The number of rotatable bonds is 4. The van der Waals surface area contributed by atoms with Gasteiger partial charge in [0.25, 0.3) is 0 Å². The first-order valence-corrected chi connectivity index (χ1v) is 9.47. The van der Waals surface area contributed by atoms with E-state index in [1.807, 2.05) is 60.7 Å². The van der Waals surface area contributed by atoms with Crippen LogP contribution in [-0.2, 0) is 0 Å². The minimum absolute atomic E-state index is 0.117. The van der Waals surface area contributed by atoms with Crippen molar-refractivity contribution in [2.24, 2.45) is 0 Å². The van der Waals surface area contributed by atoms with E-state index in [0.29, 0.717) is 0 Å². The molecule has 2 amide bonds. The van der Waals surface area contributed by atoms with E-state index in [-0.39, 0.29) is 11.1 Å². The second kappa shape index (κ2) is 6.79. The molecule has 4 nitrogen and oxygen atoms in total. The minimum Gasteiger partial charge on any atom is -0.352 e. The van der Waals surface area contributed by atoms with E-state index in [0.717, 1.165) is 10.4 Å². The summed E-state index contributed by atoms with van der Waals surface area (Å²) in [5.74, 6) is 0. The summed E-state index contributed by atoms with van der Waals surface area (Å²) in [6.07, 6.45) is 0. The van der Waals surface area contributed by atoms with Crippen molar-refractivity contribution in [2.45, 2.75) is 0 Å². The fourth-order valence-electron chi connectivity index (χ4n) is 2.80. The lowest BCUT2D eigenvalue weighted by Gasteiger charge is -2.34. The lowest BCUT2D eigenvalue weighted by atomic mass is 10.4. The molecule has 0 aromatic heterocycles. The van der Waals surface area contributed by atoms with E-state index in [9.17, 15) is 9.59 Å². The maximum absolute atomic E-state index is 13.3. The van der Waals surface area contributed by atoms with E-state index >= 15 is 0 Å². The zero-order valence-corrected chi connectivity index (χ0v) is 15.0. The molecule has 5 heteroatoms. The third-order valence-electron chi connectivity index (χ3n) is 3.87. The number of carbonyl (C=O) groups is 2. The molecule has 23 heavy (non-hydrogen) atoms. The van der Waals surface area contributed by atoms with Crippen molar-refractivity contribution in [3.8, 4) is 0 Å². The maximum Gasteiger partial charge on any atom is 0.321 e. The molecule has 2 aromatic carbocycles. The number of amides is 2. The summed E-state index contributed by atoms with van der Waals surface area (Å²) in [6.45, 7) is 0. The molecule has 0 aliphatic rings. The molecule has 0 N–H and O–H groups in total. The average molecular weight is 326 g/mol. The largest absolute Gasteiger partial charge is 0.352 e. The molecular formula is C18H22N2O2Si. The molecule has 0 heterocycles. The number of hydrogen-bond donors (Lipinski definition) is 0. The number of benzene rings is 2. The van der Waals surface area contributed by atoms with Crippen LogP contribution in [0.2, 0.25) is 0 Å². The van der Waals surface area contributed by atoms with Gasteiger partial charge in [-0.2, -0.15) is 0 Å². The molecule has 0 spiro atoms. The van der Waals surface area contributed by atoms with Crippen LogP contribution in [0.15, 0.2) is 60.7 Å². The highest BCUT2D eigenvalue weighted by Gasteiger charge is 2.54. The average Bonchev–Trinajstić information content (AvgIpc) is 2.57. The summed E-state index contributed by atoms with van der Waals surface area (Å²) in [5, 5.41) is 1.62. The highest BCUT2D eigenvalue weighted by molar-refractivity contribution is 7.38. The molecule has 2 rings (SSSR count). The second-order valence-corrected chi connectivity index (χ2v) is 9.39. The van der Waals surface area contributed by atoms with Gasteiger partial charge in [0.1, 0.15) is 0 Å². The molecule has 0 fully saturated rings. The van der Waals surface area contributed by atoms with Crippen molar-refractivity contribution in [3.63, 3.8) is 0 Å². The number of hydrogen-bond acceptors (Lipinski definition) is 2. The fraction of sp³-hybridized carbons (Fsp3) is 0.222. The Kier molecular flexibility index (Phi) is 5.01. The zero-order chi connectivity index (χ0) is 17.0. The first-order chi connectivity index (χ1) is 10.9. The summed E-state index contributed by atoms with van der Waals surface area (Å²) in [6, 6.07) is 18.9. The smallest absolute Gasteiger partial charge is 0.321 e. The summed E-state index contributed by atoms with van der Waals surface area (Å²) in [4.78, 5) is 29.6. The molecule has 0 atom stereocenters. The molecule has 0 aliphatic carbocycles. The molecule has 0 bridgehead atoms. The van der Waals surface area contributed by atoms with Crippen LogP contribution in [0.25, 0.3) is 0 Å². The van der Waals surface area contributed by atoms with E-state index in [1.54, 1.807) is 28.2 Å². The monoisotopic (exact) mass is 326 g/mol. The topological polar surface area (TPSA) is 40.6 Å². The van der Waals surface area contributed by atoms with Gasteiger partial charge in [-0.05, 0) is 10.4 Å². The Balaban J connectivity index is 2.85. The predicted octanol–water partition coefficient (Wildman–Crippen LogP) is 1.78. The molecular weight excluding hydrogens is 304 g/mol. The molecule has 0 radical (unpaired) electrons. The van der Waals surface area contributed by atoms with Crippen LogP contribution < -0.4 is 10.4 Å². The third kappa shape index (κ3) is 2.92. The summed E-state index contributed by atoms with van der Waals surface area (Å²) in [5.41, 5.74) is -0.234. The van der Waals surface area contributed by atoms with Crippen LogP contribution in [0.1, 0.15) is 0 Å². The highest BCUT2D eigenvalue weighted by atomic mass is 28.3. The Bertz CT molecular complexity index is 623. The normalized spacial score (nSPS) is 11.0. The van der Waals surface area contributed by atoms with Crippen LogP contribution in [0.3, 0.4) is 0 Å². The van der Waals surface area contributed by atoms with Gasteiger partial charge in [-0.15, -0.1) is 0 Å². The Morgan fingerprint density at radius 3 is 1.22 bits per heavy atom. The van der Waals surface area contributed by atoms with Gasteiger partial charge in [-0.3, -0.25) is 9.59 Å². The molecule has 0 saturated carbocycles. The van der Waals surface area contributed by atoms with Gasteiger partial charge in [0.05, 0.1) is 0 Å². The van der Waals surface area contributed by atoms with Gasteiger partial charge < -0.3 is 9.80 Å². The molecule has 0 unspecified atom stereocenters. The Labute approximate surface area is 138 Å². The summed E-state index contributed by atoms with van der Waals surface area (Å²) >= 11 is 0. The van der Waals surface area contributed by atoms with E-state index in [1.165, 1.54) is 9.80 Å². The Morgan fingerprint density at radius 2 is 0.957 bits per heavy atom. The van der Waals surface area contributed by atoms with E-state index in [4.69, 9.17) is 0 Å². The van der Waals surface area contributed by atoms with Crippen molar-refractivity contribution in [3.05, 3.63) is 60.7 Å². The third-order valence-corrected chi connectivity index (χ3v) is 8.44. The summed E-state index contributed by atoms with van der Waals surface area (Å²) < 4.78 is 0. The predicted molar refractivity (Wildman–Crippen MR) is 96.1 cm³/mol. The van der Waals surface area contributed by atoms with Gasteiger partial charge in [0.2, 0.25) is 11.1 Å². The first kappa shape index (κ1) is 17.0. The van der Waals surface area contributed by atoms with Gasteiger partial charge in [-0.1, -0.05) is 60.7 Å². The van der Waals surface area contributed by atoms with Crippen LogP contribution >= 0.6 is 0 Å². The van der Waals surface area contributed by atoms with Crippen molar-refractivity contribution in [1.29, 1.82) is 0 Å². The minimum atomic E-state index is -3.31. The molecule has 2 aromatic rings. The van der Waals surface area contributed by atoms with Crippen LogP contribution in [0.5, 0.6) is 0 Å². The van der Waals surface area contributed by atoms with E-state index in [2.05, 4.69) is 0 Å². The number of carbonyl (C=O) groups excluding carboxylic acids is 2. The Morgan fingerprint density at radius 1 is 0.652 bits per heavy atom. The standard InChI is InChI=1S/C18H22N2O2Si/c1-19(2)17(21)23(18(22)20(3)4,15-11-7-5-8-12-15)16-13-9-6-10-14-16/h5-14H,1-4H3. The van der Waals surface area contributed by atoms with E-state index < -0.39 is 8.07 Å². The van der Waals surface area contributed by atoms with Crippen molar-refractivity contribution in [1.82, 2.24) is 9.80 Å². The molecule has 0 aliphatic heterocycles. The zero-order valence-electron chi connectivity index (χ0n) is 14.0. The maximum atomic E-state index is 13.3. The summed E-state index contributed by atoms with van der Waals surface area (Å²) in [7, 11) is 3.52. The first-order valence-electron chi connectivity index (χ1n) is 7.47. The molecule has 0 saturated heterocycles. The van der Waals surface area contributed by atoms with Gasteiger partial charge >= 0.3 is 8.07 Å². The van der Waals surface area contributed by atoms with Crippen LogP contribution in [-0.4, -0.2) is 57.1 Å². The van der Waals surface area contributed by atoms with Crippen molar-refractivity contribution >= 4 is 29.5 Å². The fourth-order valence-corrected chi connectivity index (χ4v) is 7.03. The van der Waals surface area contributed by atoms with Gasteiger partial charge in [0.15, 0.2) is 0 Å². The SMILES string of the molecule is CN(C)C(=O)[Si](C(=O)N(C)C)(c1ccccc1)c1ccccc1. The second-order valence-electron chi connectivity index (χ2n) is 5.88. The van der Waals surface area contributed by atoms with Gasteiger partial charge in [0, 0.05) is 28.2 Å². The van der Waals surface area contributed by atoms with Crippen LogP contribution in [0.4, 0.5) is 9.59 Å². The van der Waals surface area contributed by atoms with Crippen LogP contribution in [0, 0.1) is 0 Å². The van der Waals surface area contributed by atoms with Gasteiger partial charge in [-0.25, -0.2) is 0 Å².